The van der Waals surface area contributed by atoms with Crippen LogP contribution < -0.4 is 5.32 Å². The number of rotatable bonds is 6. The molecule has 0 fully saturated rings. The molecule has 1 aromatic carbocycles. The third kappa shape index (κ3) is 4.68. The SMILES string of the molecule is CCOC(=O)CCNC(=O)c1cc(C)cc([N+](=O)[O-])c1. The molecule has 1 amide bonds. The van der Waals surface area contributed by atoms with Crippen LogP contribution in [0.5, 0.6) is 0 Å². The van der Waals surface area contributed by atoms with Gasteiger partial charge in [0.15, 0.2) is 0 Å². The first-order valence-electron chi connectivity index (χ1n) is 6.14. The average molecular weight is 280 g/mol. The van der Waals surface area contributed by atoms with Crippen LogP contribution in [0.3, 0.4) is 0 Å². The summed E-state index contributed by atoms with van der Waals surface area (Å²) in [5, 5.41) is 13.2. The second-order valence-electron chi connectivity index (χ2n) is 4.13. The number of ether oxygens (including phenoxy) is 1. The number of hydrogen-bond donors (Lipinski definition) is 1. The van der Waals surface area contributed by atoms with Gasteiger partial charge in [-0.15, -0.1) is 0 Å². The number of nitro groups is 1. The van der Waals surface area contributed by atoms with Crippen LogP contribution in [0.1, 0.15) is 29.3 Å². The van der Waals surface area contributed by atoms with Gasteiger partial charge >= 0.3 is 5.97 Å². The highest BCUT2D eigenvalue weighted by molar-refractivity contribution is 5.95. The summed E-state index contributed by atoms with van der Waals surface area (Å²) in [7, 11) is 0. The minimum absolute atomic E-state index is 0.0630. The summed E-state index contributed by atoms with van der Waals surface area (Å²) < 4.78 is 4.72. The van der Waals surface area contributed by atoms with Crippen molar-refractivity contribution in [1.29, 1.82) is 0 Å². The molecular formula is C13H16N2O5. The van der Waals surface area contributed by atoms with E-state index in [2.05, 4.69) is 5.32 Å². The highest BCUT2D eigenvalue weighted by atomic mass is 16.6. The van der Waals surface area contributed by atoms with Gasteiger partial charge in [0.2, 0.25) is 0 Å². The van der Waals surface area contributed by atoms with E-state index < -0.39 is 16.8 Å². The van der Waals surface area contributed by atoms with Crippen LogP contribution >= 0.6 is 0 Å². The molecular weight excluding hydrogens is 264 g/mol. The van der Waals surface area contributed by atoms with Gasteiger partial charge in [-0.2, -0.15) is 0 Å². The predicted octanol–water partition coefficient (Wildman–Crippen LogP) is 1.59. The highest BCUT2D eigenvalue weighted by Crippen LogP contribution is 2.16. The molecule has 0 bridgehead atoms. The van der Waals surface area contributed by atoms with Crippen LogP contribution in [-0.4, -0.2) is 30.0 Å². The first kappa shape index (κ1) is 15.6. The molecule has 0 saturated heterocycles. The number of nitrogens with zero attached hydrogens (tertiary/aromatic N) is 1. The fourth-order valence-corrected chi connectivity index (χ4v) is 1.61. The van der Waals surface area contributed by atoms with Gasteiger partial charge < -0.3 is 10.1 Å². The maximum absolute atomic E-state index is 11.8. The smallest absolute Gasteiger partial charge is 0.307 e. The van der Waals surface area contributed by atoms with Crippen LogP contribution in [0.25, 0.3) is 0 Å². The summed E-state index contributed by atoms with van der Waals surface area (Å²) in [5.74, 6) is -0.857. The zero-order valence-electron chi connectivity index (χ0n) is 11.3. The Morgan fingerprint density at radius 3 is 2.65 bits per heavy atom. The maximum atomic E-state index is 11.8. The van der Waals surface area contributed by atoms with Crippen molar-refractivity contribution in [2.24, 2.45) is 0 Å². The van der Waals surface area contributed by atoms with Gasteiger partial charge in [-0.1, -0.05) is 0 Å². The molecule has 1 rings (SSSR count). The van der Waals surface area contributed by atoms with Crippen molar-refractivity contribution in [2.45, 2.75) is 20.3 Å². The van der Waals surface area contributed by atoms with Crippen molar-refractivity contribution < 1.29 is 19.2 Å². The number of nitrogens with one attached hydrogen (secondary N) is 1. The van der Waals surface area contributed by atoms with Crippen molar-refractivity contribution in [3.63, 3.8) is 0 Å². The summed E-state index contributed by atoms with van der Waals surface area (Å²) in [6.45, 7) is 3.78. The molecule has 0 radical (unpaired) electrons. The van der Waals surface area contributed by atoms with E-state index in [0.717, 1.165) is 0 Å². The molecule has 0 aromatic heterocycles. The number of hydrogen-bond acceptors (Lipinski definition) is 5. The number of aryl methyl sites for hydroxylation is 1. The molecule has 0 saturated carbocycles. The number of carbonyl (C=O) groups is 2. The number of carbonyl (C=O) groups excluding carboxylic acids is 2. The fourth-order valence-electron chi connectivity index (χ4n) is 1.61. The third-order valence-electron chi connectivity index (χ3n) is 2.46. The van der Waals surface area contributed by atoms with E-state index in [0.29, 0.717) is 5.56 Å². The van der Waals surface area contributed by atoms with E-state index in [1.54, 1.807) is 19.9 Å². The van der Waals surface area contributed by atoms with Gasteiger partial charge in [0, 0.05) is 24.2 Å². The second kappa shape index (κ2) is 7.22. The first-order valence-corrected chi connectivity index (χ1v) is 6.14. The number of non-ortho nitro benzene ring substituents is 1. The van der Waals surface area contributed by atoms with Crippen LogP contribution in [0.15, 0.2) is 18.2 Å². The van der Waals surface area contributed by atoms with E-state index in [9.17, 15) is 19.7 Å². The number of benzene rings is 1. The van der Waals surface area contributed by atoms with Gasteiger partial charge in [-0.3, -0.25) is 19.7 Å². The molecule has 1 N–H and O–H groups in total. The van der Waals surface area contributed by atoms with Gasteiger partial charge in [0.1, 0.15) is 0 Å². The van der Waals surface area contributed by atoms with Crippen molar-refractivity contribution in [3.05, 3.63) is 39.4 Å². The van der Waals surface area contributed by atoms with Crippen LogP contribution in [0.4, 0.5) is 5.69 Å². The lowest BCUT2D eigenvalue weighted by atomic mass is 10.1. The molecule has 7 nitrogen and oxygen atoms in total. The van der Waals surface area contributed by atoms with Crippen LogP contribution in [-0.2, 0) is 9.53 Å². The van der Waals surface area contributed by atoms with E-state index in [1.165, 1.54) is 12.1 Å². The normalized spacial score (nSPS) is 9.90. The lowest BCUT2D eigenvalue weighted by Gasteiger charge is -2.06. The summed E-state index contributed by atoms with van der Waals surface area (Å²) in [6, 6.07) is 4.13. The summed E-state index contributed by atoms with van der Waals surface area (Å²) in [4.78, 5) is 33.1. The third-order valence-corrected chi connectivity index (χ3v) is 2.46. The second-order valence-corrected chi connectivity index (χ2v) is 4.13. The van der Waals surface area contributed by atoms with E-state index in [1.807, 2.05) is 0 Å². The summed E-state index contributed by atoms with van der Waals surface area (Å²) >= 11 is 0. The minimum Gasteiger partial charge on any atom is -0.466 e. The molecule has 7 heteroatoms. The van der Waals surface area contributed by atoms with Gasteiger partial charge in [-0.25, -0.2) is 0 Å². The largest absolute Gasteiger partial charge is 0.466 e. The Hall–Kier alpha value is -2.44. The molecule has 0 aliphatic rings. The van der Waals surface area contributed by atoms with Gasteiger partial charge in [0.05, 0.1) is 18.0 Å². The van der Waals surface area contributed by atoms with Gasteiger partial charge in [0.25, 0.3) is 11.6 Å². The van der Waals surface area contributed by atoms with E-state index in [-0.39, 0.29) is 30.8 Å². The Kier molecular flexibility index (Phi) is 5.64. The predicted molar refractivity (Wildman–Crippen MR) is 71.4 cm³/mol. The van der Waals surface area contributed by atoms with Crippen molar-refractivity contribution in [1.82, 2.24) is 5.32 Å². The quantitative estimate of drug-likeness (QED) is 0.484. The topological polar surface area (TPSA) is 98.5 Å². The lowest BCUT2D eigenvalue weighted by molar-refractivity contribution is -0.384. The van der Waals surface area contributed by atoms with Crippen molar-refractivity contribution in [2.75, 3.05) is 13.2 Å². The number of esters is 1. The van der Waals surface area contributed by atoms with E-state index >= 15 is 0 Å². The molecule has 20 heavy (non-hydrogen) atoms. The maximum Gasteiger partial charge on any atom is 0.307 e. The monoisotopic (exact) mass is 280 g/mol. The Balaban J connectivity index is 2.64. The van der Waals surface area contributed by atoms with Gasteiger partial charge in [-0.05, 0) is 25.5 Å². The molecule has 108 valence electrons. The van der Waals surface area contributed by atoms with Crippen LogP contribution in [0, 0.1) is 17.0 Å². The van der Waals surface area contributed by atoms with Crippen molar-refractivity contribution >= 4 is 17.6 Å². The lowest BCUT2D eigenvalue weighted by Crippen LogP contribution is -2.26. The minimum atomic E-state index is -0.553. The number of amides is 1. The fraction of sp³-hybridized carbons (Fsp3) is 0.385. The zero-order chi connectivity index (χ0) is 15.1. The Bertz CT molecular complexity index is 527. The zero-order valence-corrected chi connectivity index (χ0v) is 11.3. The Morgan fingerprint density at radius 2 is 2.05 bits per heavy atom. The van der Waals surface area contributed by atoms with Crippen molar-refractivity contribution in [3.8, 4) is 0 Å². The summed E-state index contributed by atoms with van der Waals surface area (Å²) in [6.07, 6.45) is 0.0630. The van der Waals surface area contributed by atoms with Crippen LogP contribution in [0.2, 0.25) is 0 Å². The Morgan fingerprint density at radius 1 is 1.35 bits per heavy atom. The molecule has 0 heterocycles. The molecule has 0 aliphatic heterocycles. The highest BCUT2D eigenvalue weighted by Gasteiger charge is 2.13. The number of nitro benzene ring substituents is 1. The molecule has 0 atom stereocenters. The Labute approximate surface area is 116 Å². The first-order chi connectivity index (χ1) is 9.43. The standard InChI is InChI=1S/C13H16N2O5/c1-3-20-12(16)4-5-14-13(17)10-6-9(2)7-11(8-10)15(18)19/h6-8H,3-5H2,1-2H3,(H,14,17). The molecule has 0 aliphatic carbocycles. The molecule has 0 unspecified atom stereocenters. The van der Waals surface area contributed by atoms with E-state index in [4.69, 9.17) is 4.74 Å². The molecule has 0 spiro atoms. The molecule has 1 aromatic rings. The summed E-state index contributed by atoms with van der Waals surface area (Å²) in [5.41, 5.74) is 0.677. The average Bonchev–Trinajstić information content (AvgIpc) is 2.38.